The molecule has 1 aromatic carbocycles. The fourth-order valence-corrected chi connectivity index (χ4v) is 2.01. The lowest BCUT2D eigenvalue weighted by molar-refractivity contribution is 0.216. The van der Waals surface area contributed by atoms with Gasteiger partial charge >= 0.3 is 0 Å². The standard InChI is InChI=1S/C15H26N2O/c1-6-16-12(2)13-9-7-8-10-14(13)17(5)15(3,4)11-18/h7-10,12,16,18H,6,11H2,1-5H3. The van der Waals surface area contributed by atoms with Crippen LogP contribution in [0.15, 0.2) is 24.3 Å². The Morgan fingerprint density at radius 2 is 1.94 bits per heavy atom. The number of hydrogen-bond donors (Lipinski definition) is 2. The van der Waals surface area contributed by atoms with E-state index in [2.05, 4.69) is 42.3 Å². The van der Waals surface area contributed by atoms with Gasteiger partial charge in [-0.05, 0) is 38.9 Å². The first-order valence-electron chi connectivity index (χ1n) is 6.61. The van der Waals surface area contributed by atoms with Gasteiger partial charge < -0.3 is 15.3 Å². The molecule has 0 aliphatic rings. The molecule has 0 radical (unpaired) electrons. The molecule has 2 N–H and O–H groups in total. The van der Waals surface area contributed by atoms with E-state index in [9.17, 15) is 5.11 Å². The van der Waals surface area contributed by atoms with E-state index in [1.807, 2.05) is 27.0 Å². The molecule has 1 aromatic rings. The highest BCUT2D eigenvalue weighted by Gasteiger charge is 2.25. The van der Waals surface area contributed by atoms with Crippen molar-refractivity contribution in [1.29, 1.82) is 0 Å². The van der Waals surface area contributed by atoms with Gasteiger partial charge in [-0.1, -0.05) is 25.1 Å². The first-order chi connectivity index (χ1) is 8.44. The Labute approximate surface area is 111 Å². The summed E-state index contributed by atoms with van der Waals surface area (Å²) in [7, 11) is 2.04. The van der Waals surface area contributed by atoms with Crippen molar-refractivity contribution in [2.75, 3.05) is 25.1 Å². The van der Waals surface area contributed by atoms with Crippen molar-refractivity contribution < 1.29 is 5.11 Å². The summed E-state index contributed by atoms with van der Waals surface area (Å²) < 4.78 is 0. The van der Waals surface area contributed by atoms with E-state index in [0.717, 1.165) is 6.54 Å². The van der Waals surface area contributed by atoms with Crippen molar-refractivity contribution in [3.63, 3.8) is 0 Å². The van der Waals surface area contributed by atoms with Gasteiger partial charge in [-0.3, -0.25) is 0 Å². The van der Waals surface area contributed by atoms with Gasteiger partial charge in [0.25, 0.3) is 0 Å². The van der Waals surface area contributed by atoms with Gasteiger partial charge in [0.05, 0.1) is 12.1 Å². The van der Waals surface area contributed by atoms with E-state index in [4.69, 9.17) is 0 Å². The lowest BCUT2D eigenvalue weighted by Crippen LogP contribution is -2.45. The molecule has 0 bridgehead atoms. The summed E-state index contributed by atoms with van der Waals surface area (Å²) in [5.41, 5.74) is 2.18. The summed E-state index contributed by atoms with van der Waals surface area (Å²) in [6.45, 7) is 9.45. The SMILES string of the molecule is CCNC(C)c1ccccc1N(C)C(C)(C)CO. The summed E-state index contributed by atoms with van der Waals surface area (Å²) >= 11 is 0. The number of benzene rings is 1. The minimum absolute atomic E-state index is 0.132. The normalized spacial score (nSPS) is 13.4. The van der Waals surface area contributed by atoms with Gasteiger partial charge in [-0.2, -0.15) is 0 Å². The Bertz CT molecular complexity index is 377. The number of anilines is 1. The van der Waals surface area contributed by atoms with Crippen molar-refractivity contribution in [1.82, 2.24) is 5.32 Å². The van der Waals surface area contributed by atoms with Crippen molar-refractivity contribution in [3.8, 4) is 0 Å². The maximum Gasteiger partial charge on any atom is 0.0658 e. The van der Waals surface area contributed by atoms with Crippen molar-refractivity contribution in [2.45, 2.75) is 39.3 Å². The fourth-order valence-electron chi connectivity index (χ4n) is 2.01. The maximum absolute atomic E-state index is 9.50. The smallest absolute Gasteiger partial charge is 0.0658 e. The third-order valence-corrected chi connectivity index (χ3v) is 3.57. The molecular weight excluding hydrogens is 224 g/mol. The Morgan fingerprint density at radius 1 is 1.33 bits per heavy atom. The molecule has 3 heteroatoms. The van der Waals surface area contributed by atoms with Gasteiger partial charge in [0.15, 0.2) is 0 Å². The van der Waals surface area contributed by atoms with Crippen LogP contribution in [-0.4, -0.2) is 30.8 Å². The quantitative estimate of drug-likeness (QED) is 0.814. The highest BCUT2D eigenvalue weighted by molar-refractivity contribution is 5.56. The average molecular weight is 250 g/mol. The highest BCUT2D eigenvalue weighted by atomic mass is 16.3. The van der Waals surface area contributed by atoms with Crippen LogP contribution in [0.3, 0.4) is 0 Å². The minimum Gasteiger partial charge on any atom is -0.394 e. The van der Waals surface area contributed by atoms with Gasteiger partial charge in [-0.25, -0.2) is 0 Å². The van der Waals surface area contributed by atoms with E-state index in [1.54, 1.807) is 0 Å². The molecule has 0 amide bonds. The second-order valence-electron chi connectivity index (χ2n) is 5.37. The first kappa shape index (κ1) is 15.0. The van der Waals surface area contributed by atoms with Gasteiger partial charge in [0, 0.05) is 18.8 Å². The number of likely N-dealkylation sites (N-methyl/N-ethyl adjacent to an activating group) is 1. The number of nitrogens with zero attached hydrogens (tertiary/aromatic N) is 1. The zero-order valence-electron chi connectivity index (χ0n) is 12.2. The van der Waals surface area contributed by atoms with Crippen LogP contribution in [-0.2, 0) is 0 Å². The monoisotopic (exact) mass is 250 g/mol. The van der Waals surface area contributed by atoms with Crippen LogP contribution >= 0.6 is 0 Å². The molecule has 0 spiro atoms. The highest BCUT2D eigenvalue weighted by Crippen LogP contribution is 2.29. The molecule has 3 nitrogen and oxygen atoms in total. The zero-order valence-corrected chi connectivity index (χ0v) is 12.2. The van der Waals surface area contributed by atoms with E-state index < -0.39 is 0 Å². The topological polar surface area (TPSA) is 35.5 Å². The van der Waals surface area contributed by atoms with Gasteiger partial charge in [0.1, 0.15) is 0 Å². The predicted molar refractivity (Wildman–Crippen MR) is 78.1 cm³/mol. The lowest BCUT2D eigenvalue weighted by Gasteiger charge is -2.38. The number of aliphatic hydroxyl groups excluding tert-OH is 1. The Balaban J connectivity index is 3.09. The predicted octanol–water partition coefficient (Wildman–Crippen LogP) is 2.56. The average Bonchev–Trinajstić information content (AvgIpc) is 2.38. The van der Waals surface area contributed by atoms with Crippen LogP contribution in [0, 0.1) is 0 Å². The molecule has 1 unspecified atom stereocenters. The fraction of sp³-hybridized carbons (Fsp3) is 0.600. The maximum atomic E-state index is 9.50. The molecule has 0 aromatic heterocycles. The molecule has 18 heavy (non-hydrogen) atoms. The molecule has 0 saturated heterocycles. The molecule has 102 valence electrons. The molecular formula is C15H26N2O. The molecule has 0 heterocycles. The lowest BCUT2D eigenvalue weighted by atomic mass is 9.99. The summed E-state index contributed by atoms with van der Waals surface area (Å²) in [6.07, 6.45) is 0. The Morgan fingerprint density at radius 3 is 2.50 bits per heavy atom. The van der Waals surface area contributed by atoms with Crippen molar-refractivity contribution in [2.24, 2.45) is 0 Å². The molecule has 0 aliphatic heterocycles. The number of hydrogen-bond acceptors (Lipinski definition) is 3. The Hall–Kier alpha value is -1.06. The van der Waals surface area contributed by atoms with E-state index in [0.29, 0.717) is 6.04 Å². The van der Waals surface area contributed by atoms with Crippen LogP contribution in [0.4, 0.5) is 5.69 Å². The van der Waals surface area contributed by atoms with Crippen LogP contribution < -0.4 is 10.2 Å². The van der Waals surface area contributed by atoms with E-state index >= 15 is 0 Å². The largest absolute Gasteiger partial charge is 0.394 e. The van der Waals surface area contributed by atoms with Crippen molar-refractivity contribution in [3.05, 3.63) is 29.8 Å². The third-order valence-electron chi connectivity index (χ3n) is 3.57. The molecule has 1 atom stereocenters. The molecule has 0 fully saturated rings. The van der Waals surface area contributed by atoms with Crippen LogP contribution in [0.25, 0.3) is 0 Å². The van der Waals surface area contributed by atoms with Crippen molar-refractivity contribution >= 4 is 5.69 Å². The van der Waals surface area contributed by atoms with E-state index in [1.165, 1.54) is 11.3 Å². The number of nitrogens with one attached hydrogen (secondary N) is 1. The minimum atomic E-state index is -0.262. The Kier molecular flexibility index (Phi) is 5.17. The zero-order chi connectivity index (χ0) is 13.8. The summed E-state index contributed by atoms with van der Waals surface area (Å²) in [4.78, 5) is 2.15. The molecule has 0 saturated carbocycles. The second-order valence-corrected chi connectivity index (χ2v) is 5.37. The number of aliphatic hydroxyl groups is 1. The van der Waals surface area contributed by atoms with E-state index in [-0.39, 0.29) is 12.1 Å². The molecule has 0 aliphatic carbocycles. The third kappa shape index (κ3) is 3.24. The number of para-hydroxylation sites is 1. The van der Waals surface area contributed by atoms with Crippen LogP contribution in [0.5, 0.6) is 0 Å². The molecule has 1 rings (SSSR count). The summed E-state index contributed by atoms with van der Waals surface area (Å²) in [5.74, 6) is 0. The van der Waals surface area contributed by atoms with Crippen LogP contribution in [0.1, 0.15) is 39.3 Å². The van der Waals surface area contributed by atoms with Gasteiger partial charge in [0.2, 0.25) is 0 Å². The number of rotatable bonds is 6. The first-order valence-corrected chi connectivity index (χ1v) is 6.61. The van der Waals surface area contributed by atoms with Crippen LogP contribution in [0.2, 0.25) is 0 Å². The summed E-state index contributed by atoms with van der Waals surface area (Å²) in [5, 5.41) is 12.9. The van der Waals surface area contributed by atoms with Gasteiger partial charge in [-0.15, -0.1) is 0 Å². The summed E-state index contributed by atoms with van der Waals surface area (Å²) in [6, 6.07) is 8.67. The second kappa shape index (κ2) is 6.21.